The van der Waals surface area contributed by atoms with E-state index in [1.807, 2.05) is 0 Å². The van der Waals surface area contributed by atoms with Gasteiger partial charge in [0.25, 0.3) is 5.91 Å². The van der Waals surface area contributed by atoms with E-state index in [0.717, 1.165) is 12.8 Å². The summed E-state index contributed by atoms with van der Waals surface area (Å²) in [5.41, 5.74) is 5.42. The van der Waals surface area contributed by atoms with E-state index in [1.54, 1.807) is 36.3 Å². The minimum atomic E-state index is -1.19. The van der Waals surface area contributed by atoms with Gasteiger partial charge in [-0.15, -0.1) is 0 Å². The molecule has 1 aromatic rings. The van der Waals surface area contributed by atoms with E-state index in [9.17, 15) is 24.0 Å². The van der Waals surface area contributed by atoms with Gasteiger partial charge in [-0.3, -0.25) is 24.0 Å². The summed E-state index contributed by atoms with van der Waals surface area (Å²) < 4.78 is 10.9. The van der Waals surface area contributed by atoms with Crippen LogP contribution in [0.3, 0.4) is 0 Å². The fourth-order valence-corrected chi connectivity index (χ4v) is 4.36. The summed E-state index contributed by atoms with van der Waals surface area (Å²) in [5, 5.41) is 7.91. The van der Waals surface area contributed by atoms with Gasteiger partial charge in [-0.1, -0.05) is 12.1 Å². The average molecular weight is 504 g/mol. The van der Waals surface area contributed by atoms with Crippen LogP contribution in [0.15, 0.2) is 24.3 Å². The monoisotopic (exact) mass is 503 g/mol. The highest BCUT2D eigenvalue weighted by Gasteiger charge is 2.36. The number of rotatable bonds is 6. The number of carbonyl (C=O) groups is 5. The lowest BCUT2D eigenvalue weighted by molar-refractivity contribution is -0.137. The SMILES string of the molecule is COC[C@@H]1CCCN1C(=O)[C@@H]1CC(=O)N[C@@H](CCC(N)=O)C(=O)NCCOc2ccccc2C(=O)N1. The van der Waals surface area contributed by atoms with Crippen molar-refractivity contribution in [2.24, 2.45) is 5.73 Å². The summed E-state index contributed by atoms with van der Waals surface area (Å²) in [5.74, 6) is -2.45. The van der Waals surface area contributed by atoms with Gasteiger partial charge in [0.2, 0.25) is 23.6 Å². The summed E-state index contributed by atoms with van der Waals surface area (Å²) in [4.78, 5) is 65.2. The zero-order valence-corrected chi connectivity index (χ0v) is 20.3. The van der Waals surface area contributed by atoms with Crippen LogP contribution in [-0.2, 0) is 23.9 Å². The summed E-state index contributed by atoms with van der Waals surface area (Å²) >= 11 is 0. The highest BCUT2D eigenvalue weighted by molar-refractivity contribution is 6.01. The Balaban J connectivity index is 1.89. The number of methoxy groups -OCH3 is 1. The van der Waals surface area contributed by atoms with Crippen LogP contribution >= 0.6 is 0 Å². The first kappa shape index (κ1) is 26.9. The number of fused-ring (bicyclic) bond motifs is 1. The lowest BCUT2D eigenvalue weighted by Gasteiger charge is -2.29. The number of primary amides is 1. The van der Waals surface area contributed by atoms with E-state index in [1.165, 1.54) is 0 Å². The van der Waals surface area contributed by atoms with E-state index < -0.39 is 48.0 Å². The molecule has 0 bridgehead atoms. The number of nitrogens with one attached hydrogen (secondary N) is 3. The van der Waals surface area contributed by atoms with Crippen LogP contribution in [0, 0.1) is 0 Å². The second-order valence-corrected chi connectivity index (χ2v) is 8.77. The number of nitrogens with zero attached hydrogens (tertiary/aromatic N) is 1. The van der Waals surface area contributed by atoms with Crippen LogP contribution in [-0.4, -0.2) is 86.0 Å². The first-order chi connectivity index (χ1) is 17.3. The van der Waals surface area contributed by atoms with Crippen molar-refractivity contribution >= 4 is 29.5 Å². The van der Waals surface area contributed by atoms with Gasteiger partial charge < -0.3 is 36.1 Å². The molecule has 0 unspecified atom stereocenters. The largest absolute Gasteiger partial charge is 0.491 e. The molecule has 3 atom stereocenters. The summed E-state index contributed by atoms with van der Waals surface area (Å²) in [6, 6.07) is 4.13. The van der Waals surface area contributed by atoms with Gasteiger partial charge in [-0.2, -0.15) is 0 Å². The molecule has 2 heterocycles. The standard InChI is InChI=1S/C24H33N5O7/c1-35-14-15-5-4-11-29(15)24(34)18-13-21(31)27-17(8-9-20(25)30)23(33)26-10-12-36-19-7-3-2-6-16(19)22(32)28-18/h2-3,6-7,15,17-18H,4-5,8-14H2,1H3,(H2,25,30)(H,26,33)(H,27,31)(H,28,32)/t15-,17-,18-/m0/s1. The normalized spacial score (nSPS) is 23.4. The Morgan fingerprint density at radius 2 is 1.97 bits per heavy atom. The first-order valence-corrected chi connectivity index (χ1v) is 12.0. The predicted octanol–water partition coefficient (Wildman–Crippen LogP) is -0.929. The first-order valence-electron chi connectivity index (χ1n) is 12.0. The molecule has 0 aliphatic carbocycles. The van der Waals surface area contributed by atoms with Gasteiger partial charge in [0.05, 0.1) is 31.2 Å². The zero-order chi connectivity index (χ0) is 26.1. The highest BCUT2D eigenvalue weighted by Crippen LogP contribution is 2.21. The van der Waals surface area contributed by atoms with E-state index >= 15 is 0 Å². The van der Waals surface area contributed by atoms with Crippen molar-refractivity contribution in [1.82, 2.24) is 20.9 Å². The maximum absolute atomic E-state index is 13.5. The Kier molecular flexibility index (Phi) is 9.62. The second kappa shape index (κ2) is 12.9. The number of likely N-dealkylation sites (tertiary alicyclic amines) is 1. The molecule has 5 amide bonds. The minimum absolute atomic E-state index is 0.0103. The van der Waals surface area contributed by atoms with Crippen molar-refractivity contribution in [3.8, 4) is 5.75 Å². The summed E-state index contributed by atoms with van der Waals surface area (Å²) in [7, 11) is 1.55. The lowest BCUT2D eigenvalue weighted by Crippen LogP contribution is -2.54. The van der Waals surface area contributed by atoms with Crippen LogP contribution in [0.2, 0.25) is 0 Å². The fourth-order valence-electron chi connectivity index (χ4n) is 4.36. The molecule has 2 aliphatic rings. The van der Waals surface area contributed by atoms with Gasteiger partial charge in [0.1, 0.15) is 24.4 Å². The molecule has 2 aliphatic heterocycles. The number of para-hydroxylation sites is 1. The van der Waals surface area contributed by atoms with Crippen LogP contribution in [0.1, 0.15) is 42.5 Å². The Bertz CT molecular complexity index is 985. The number of hydrogen-bond acceptors (Lipinski definition) is 7. The topological polar surface area (TPSA) is 169 Å². The zero-order valence-electron chi connectivity index (χ0n) is 20.3. The smallest absolute Gasteiger partial charge is 0.255 e. The van der Waals surface area contributed by atoms with Gasteiger partial charge in [-0.25, -0.2) is 0 Å². The van der Waals surface area contributed by atoms with Crippen LogP contribution < -0.4 is 26.4 Å². The Hall–Kier alpha value is -3.67. The van der Waals surface area contributed by atoms with Crippen molar-refractivity contribution in [3.05, 3.63) is 29.8 Å². The quantitative estimate of drug-likeness (QED) is 0.389. The van der Waals surface area contributed by atoms with Gasteiger partial charge >= 0.3 is 0 Å². The molecular weight excluding hydrogens is 470 g/mol. The van der Waals surface area contributed by atoms with E-state index in [0.29, 0.717) is 13.2 Å². The molecule has 12 nitrogen and oxygen atoms in total. The maximum Gasteiger partial charge on any atom is 0.255 e. The molecule has 0 aromatic heterocycles. The molecular formula is C24H33N5O7. The molecule has 196 valence electrons. The van der Waals surface area contributed by atoms with Crippen molar-refractivity contribution in [2.75, 3.05) is 33.4 Å². The molecule has 3 rings (SSSR count). The van der Waals surface area contributed by atoms with Crippen LogP contribution in [0.4, 0.5) is 0 Å². The number of amides is 5. The summed E-state index contributed by atoms with van der Waals surface area (Å²) in [6.07, 6.45) is 0.999. The molecule has 5 N–H and O–H groups in total. The number of ether oxygens (including phenoxy) is 2. The Morgan fingerprint density at radius 3 is 2.72 bits per heavy atom. The van der Waals surface area contributed by atoms with Gasteiger partial charge in [0, 0.05) is 20.1 Å². The molecule has 1 saturated heterocycles. The van der Waals surface area contributed by atoms with Crippen molar-refractivity contribution in [3.63, 3.8) is 0 Å². The minimum Gasteiger partial charge on any atom is -0.491 e. The molecule has 36 heavy (non-hydrogen) atoms. The molecule has 0 radical (unpaired) electrons. The average Bonchev–Trinajstić information content (AvgIpc) is 3.31. The number of carbonyl (C=O) groups excluding carboxylic acids is 5. The highest BCUT2D eigenvalue weighted by atomic mass is 16.5. The number of nitrogens with two attached hydrogens (primary N) is 1. The lowest BCUT2D eigenvalue weighted by atomic mass is 10.1. The van der Waals surface area contributed by atoms with E-state index in [4.69, 9.17) is 15.2 Å². The van der Waals surface area contributed by atoms with Crippen molar-refractivity contribution in [1.29, 1.82) is 0 Å². The molecule has 0 spiro atoms. The van der Waals surface area contributed by atoms with Crippen molar-refractivity contribution in [2.45, 2.75) is 50.2 Å². The second-order valence-electron chi connectivity index (χ2n) is 8.77. The molecule has 0 saturated carbocycles. The van der Waals surface area contributed by atoms with Gasteiger partial charge in [0.15, 0.2) is 0 Å². The third-order valence-electron chi connectivity index (χ3n) is 6.13. The Morgan fingerprint density at radius 1 is 1.19 bits per heavy atom. The number of hydrogen-bond donors (Lipinski definition) is 4. The number of benzene rings is 1. The van der Waals surface area contributed by atoms with Crippen LogP contribution in [0.5, 0.6) is 5.75 Å². The summed E-state index contributed by atoms with van der Waals surface area (Å²) in [6.45, 7) is 0.977. The maximum atomic E-state index is 13.5. The third-order valence-corrected chi connectivity index (χ3v) is 6.13. The molecule has 1 aromatic carbocycles. The molecule has 1 fully saturated rings. The fraction of sp³-hybridized carbons (Fsp3) is 0.542. The molecule has 12 heteroatoms. The van der Waals surface area contributed by atoms with Gasteiger partial charge in [-0.05, 0) is 31.4 Å². The third kappa shape index (κ3) is 7.17. The Labute approximate surface area is 209 Å². The van der Waals surface area contributed by atoms with E-state index in [-0.39, 0.29) is 43.3 Å². The van der Waals surface area contributed by atoms with E-state index in [2.05, 4.69) is 16.0 Å². The predicted molar refractivity (Wildman–Crippen MR) is 128 cm³/mol. The van der Waals surface area contributed by atoms with Crippen LogP contribution in [0.25, 0.3) is 0 Å². The van der Waals surface area contributed by atoms with Crippen molar-refractivity contribution < 1.29 is 33.4 Å².